The maximum atomic E-state index is 11.9. The lowest BCUT2D eigenvalue weighted by molar-refractivity contribution is -0.146. The van der Waals surface area contributed by atoms with E-state index in [1.54, 1.807) is 79.7 Å². The number of ether oxygens (including phenoxy) is 7. The molecule has 12 nitrogen and oxygen atoms in total. The molecule has 0 aliphatic rings. The number of esters is 4. The van der Waals surface area contributed by atoms with E-state index in [-0.39, 0.29) is 18.5 Å². The second-order valence-corrected chi connectivity index (χ2v) is 11.9. The molecule has 1 unspecified atom stereocenters. The molecule has 0 heterocycles. The van der Waals surface area contributed by atoms with Gasteiger partial charge in [-0.05, 0) is 88.2 Å². The van der Waals surface area contributed by atoms with Crippen LogP contribution in [0.5, 0.6) is 23.0 Å². The Balaban J connectivity index is 0.000000535. The molecule has 58 heavy (non-hydrogen) atoms. The Morgan fingerprint density at radius 3 is 1.24 bits per heavy atom. The first-order valence-electron chi connectivity index (χ1n) is 19.8. The second-order valence-electron chi connectivity index (χ2n) is 11.9. The van der Waals surface area contributed by atoms with Crippen LogP contribution in [0.2, 0.25) is 0 Å². The summed E-state index contributed by atoms with van der Waals surface area (Å²) in [5, 5.41) is 0. The van der Waals surface area contributed by atoms with Crippen LogP contribution in [0.25, 0.3) is 0 Å². The zero-order valence-electron chi connectivity index (χ0n) is 34.4. The summed E-state index contributed by atoms with van der Waals surface area (Å²) in [7, 11) is 1.50. The molecule has 0 fully saturated rings. The number of carbonyl (C=O) groups is 4. The largest absolute Gasteiger partial charge is 0.427 e. The highest BCUT2D eigenvalue weighted by molar-refractivity contribution is 5.76. The van der Waals surface area contributed by atoms with E-state index in [2.05, 4.69) is 5.73 Å². The third-order valence-electron chi connectivity index (χ3n) is 7.37. The minimum atomic E-state index is -0.627. The molecule has 12 heteroatoms. The zero-order chi connectivity index (χ0) is 42.5. The lowest BCUT2D eigenvalue weighted by Gasteiger charge is -2.12. The molecule has 0 aliphatic carbocycles. The molecule has 4 aromatic carbocycles. The van der Waals surface area contributed by atoms with Gasteiger partial charge in [0.2, 0.25) is 0 Å². The van der Waals surface area contributed by atoms with Crippen molar-refractivity contribution in [1.29, 1.82) is 0 Å². The number of rotatable bonds is 23. The minimum Gasteiger partial charge on any atom is -0.427 e. The normalized spacial score (nSPS) is 10.4. The molecule has 2 N–H and O–H groups in total. The monoisotopic (exact) mass is 803 g/mol. The van der Waals surface area contributed by atoms with Gasteiger partial charge >= 0.3 is 23.9 Å². The fourth-order valence-corrected chi connectivity index (χ4v) is 4.58. The van der Waals surface area contributed by atoms with Gasteiger partial charge in [-0.15, -0.1) is 0 Å². The van der Waals surface area contributed by atoms with Gasteiger partial charge in [0.05, 0.1) is 13.2 Å². The number of hydrogen-bond acceptors (Lipinski definition) is 12. The van der Waals surface area contributed by atoms with E-state index in [1.165, 1.54) is 7.05 Å². The van der Waals surface area contributed by atoms with Crippen molar-refractivity contribution in [2.24, 2.45) is 5.73 Å². The summed E-state index contributed by atoms with van der Waals surface area (Å²) in [6.07, 6.45) is 4.93. The van der Waals surface area contributed by atoms with Crippen molar-refractivity contribution in [1.82, 2.24) is 0 Å². The van der Waals surface area contributed by atoms with Gasteiger partial charge in [-0.2, -0.15) is 0 Å². The summed E-state index contributed by atoms with van der Waals surface area (Å²) < 4.78 is 36.9. The number of para-hydroxylation sites is 4. The highest BCUT2D eigenvalue weighted by Gasteiger charge is 2.15. The van der Waals surface area contributed by atoms with Gasteiger partial charge in [-0.25, -0.2) is 9.59 Å². The molecule has 316 valence electrons. The fraction of sp³-hybridized carbons (Fsp3) is 0.391. The Labute approximate surface area is 343 Å². The van der Waals surface area contributed by atoms with Crippen molar-refractivity contribution >= 4 is 23.9 Å². The van der Waals surface area contributed by atoms with Gasteiger partial charge in [0.1, 0.15) is 29.6 Å². The molecule has 4 rings (SSSR count). The number of unbranched alkanes of at least 4 members (excludes halogenated alkanes) is 4. The van der Waals surface area contributed by atoms with Crippen LogP contribution in [0.15, 0.2) is 121 Å². The molecule has 0 saturated carbocycles. The van der Waals surface area contributed by atoms with Crippen LogP contribution in [0.1, 0.15) is 72.1 Å². The topological polar surface area (TPSA) is 159 Å². The van der Waals surface area contributed by atoms with Crippen LogP contribution >= 0.6 is 0 Å². The van der Waals surface area contributed by atoms with Crippen molar-refractivity contribution in [2.45, 2.75) is 78.2 Å². The summed E-state index contributed by atoms with van der Waals surface area (Å²) in [6, 6.07) is 35.8. The van der Waals surface area contributed by atoms with Gasteiger partial charge in [-0.1, -0.05) is 99.5 Å². The van der Waals surface area contributed by atoms with E-state index in [0.717, 1.165) is 38.5 Å². The Hall–Kier alpha value is -5.40. The van der Waals surface area contributed by atoms with E-state index in [4.69, 9.17) is 33.2 Å². The summed E-state index contributed by atoms with van der Waals surface area (Å²) in [5.74, 6) is 0.830. The Kier molecular flexibility index (Phi) is 30.4. The number of nitrogens with two attached hydrogens (primary N) is 1. The lowest BCUT2D eigenvalue weighted by atomic mass is 10.2. The SMILES string of the molecule is CC.CC(OCCCCCC(=O)Oc1ccccc1)C(=O)Oc1ccccc1.CN.O=C(CCCCCOCCOCC(=O)Oc1ccccc1)Oc1ccccc1. The molecule has 4 aromatic rings. The molecular weight excluding hydrogens is 743 g/mol. The van der Waals surface area contributed by atoms with Gasteiger partial charge in [-0.3, -0.25) is 9.59 Å². The van der Waals surface area contributed by atoms with E-state index < -0.39 is 18.0 Å². The first-order valence-corrected chi connectivity index (χ1v) is 19.8. The summed E-state index contributed by atoms with van der Waals surface area (Å²) in [6.45, 7) is 7.33. The Morgan fingerprint density at radius 1 is 0.448 bits per heavy atom. The van der Waals surface area contributed by atoms with E-state index in [1.807, 2.05) is 62.4 Å². The second kappa shape index (κ2) is 34.8. The molecular formula is C46H61NO11. The number of benzene rings is 4. The first kappa shape index (κ1) is 50.6. The van der Waals surface area contributed by atoms with Crippen molar-refractivity contribution < 1.29 is 52.3 Å². The quantitative estimate of drug-likeness (QED) is 0.0433. The zero-order valence-corrected chi connectivity index (χ0v) is 34.4. The third kappa shape index (κ3) is 26.5. The predicted octanol–water partition coefficient (Wildman–Crippen LogP) is 8.56. The highest BCUT2D eigenvalue weighted by Crippen LogP contribution is 2.14. The van der Waals surface area contributed by atoms with Crippen LogP contribution in [-0.4, -0.2) is 70.1 Å². The molecule has 0 aromatic heterocycles. The highest BCUT2D eigenvalue weighted by atomic mass is 16.6. The minimum absolute atomic E-state index is 0.109. The fourth-order valence-electron chi connectivity index (χ4n) is 4.58. The van der Waals surface area contributed by atoms with Crippen molar-refractivity contribution in [3.8, 4) is 23.0 Å². The first-order chi connectivity index (χ1) is 28.4. The molecule has 0 aliphatic heterocycles. The average molecular weight is 804 g/mol. The van der Waals surface area contributed by atoms with Crippen molar-refractivity contribution in [2.75, 3.05) is 40.1 Å². The number of carbonyl (C=O) groups excluding carboxylic acids is 4. The van der Waals surface area contributed by atoms with Crippen LogP contribution in [-0.2, 0) is 33.4 Å². The maximum absolute atomic E-state index is 11.9. The van der Waals surface area contributed by atoms with E-state index >= 15 is 0 Å². The van der Waals surface area contributed by atoms with Gasteiger partial charge in [0.25, 0.3) is 0 Å². The molecule has 1 atom stereocenters. The smallest absolute Gasteiger partial charge is 0.340 e. The van der Waals surface area contributed by atoms with Crippen LogP contribution in [0.4, 0.5) is 0 Å². The molecule has 0 bridgehead atoms. The third-order valence-corrected chi connectivity index (χ3v) is 7.37. The average Bonchev–Trinajstić information content (AvgIpc) is 3.25. The summed E-state index contributed by atoms with van der Waals surface area (Å²) in [4.78, 5) is 46.8. The molecule has 0 radical (unpaired) electrons. The Morgan fingerprint density at radius 2 is 0.810 bits per heavy atom. The summed E-state index contributed by atoms with van der Waals surface area (Å²) >= 11 is 0. The molecule has 0 amide bonds. The van der Waals surface area contributed by atoms with E-state index in [0.29, 0.717) is 62.3 Å². The number of hydrogen-bond donors (Lipinski definition) is 1. The van der Waals surface area contributed by atoms with Gasteiger partial charge < -0.3 is 38.9 Å². The molecule has 0 spiro atoms. The van der Waals surface area contributed by atoms with E-state index in [9.17, 15) is 19.2 Å². The van der Waals surface area contributed by atoms with Gasteiger partial charge in [0.15, 0.2) is 6.10 Å². The van der Waals surface area contributed by atoms with Crippen molar-refractivity contribution in [3.05, 3.63) is 121 Å². The maximum Gasteiger partial charge on any atom is 0.340 e. The van der Waals surface area contributed by atoms with Crippen molar-refractivity contribution in [3.63, 3.8) is 0 Å². The summed E-state index contributed by atoms with van der Waals surface area (Å²) in [5.41, 5.74) is 4.50. The standard InChI is InChI=1S/C22H26O6.C21H24O5.C2H6.CH5N/c23-21(27-19-10-4-1-5-11-19)14-8-3-9-15-25-16-17-26-18-22(24)28-20-12-6-2-7-13-20;1-17(21(23)26-19-13-7-3-8-14-19)24-16-10-4-9-15-20(22)25-18-11-5-2-6-12-18;2*1-2/h1-2,4-7,10-13H,3,8-9,14-18H2;2-3,5-8,11-14,17H,4,9-10,15-16H2,1H3;1-2H3;2H2,1H3. The Bertz CT molecular complexity index is 1550. The van der Waals surface area contributed by atoms with Crippen LogP contribution in [0.3, 0.4) is 0 Å². The van der Waals surface area contributed by atoms with Gasteiger partial charge in [0, 0.05) is 26.1 Å². The van der Waals surface area contributed by atoms with Crippen LogP contribution < -0.4 is 24.7 Å². The predicted molar refractivity (Wildman–Crippen MR) is 224 cm³/mol. The lowest BCUT2D eigenvalue weighted by Crippen LogP contribution is -2.26. The van der Waals surface area contributed by atoms with Crippen LogP contribution in [0, 0.1) is 0 Å². The molecule has 0 saturated heterocycles.